The summed E-state index contributed by atoms with van der Waals surface area (Å²) in [7, 11) is 0. The van der Waals surface area contributed by atoms with Crippen LogP contribution in [0.4, 0.5) is 4.39 Å². The molecule has 38 heavy (non-hydrogen) atoms. The van der Waals surface area contributed by atoms with E-state index in [-0.39, 0.29) is 36.4 Å². The summed E-state index contributed by atoms with van der Waals surface area (Å²) < 4.78 is 21.9. The quantitative estimate of drug-likeness (QED) is 0.402. The molecule has 1 fully saturated rings. The number of rotatable bonds is 4. The van der Waals surface area contributed by atoms with E-state index in [1.807, 2.05) is 13.0 Å². The summed E-state index contributed by atoms with van der Waals surface area (Å²) >= 11 is 0. The maximum absolute atomic E-state index is 15.0. The Bertz CT molecular complexity index is 1640. The van der Waals surface area contributed by atoms with Gasteiger partial charge in [0.25, 0.3) is 5.56 Å². The van der Waals surface area contributed by atoms with E-state index in [1.54, 1.807) is 11.5 Å². The fourth-order valence-corrected chi connectivity index (χ4v) is 6.60. The predicted octanol–water partition coefficient (Wildman–Crippen LogP) is 3.30. The minimum absolute atomic E-state index is 0.00372. The van der Waals surface area contributed by atoms with Gasteiger partial charge in [-0.15, -0.1) is 0 Å². The summed E-state index contributed by atoms with van der Waals surface area (Å²) in [4.78, 5) is 43.9. The highest BCUT2D eigenvalue weighted by Gasteiger charge is 2.39. The van der Waals surface area contributed by atoms with Crippen molar-refractivity contribution in [1.29, 1.82) is 0 Å². The lowest BCUT2D eigenvalue weighted by Gasteiger charge is -2.30. The van der Waals surface area contributed by atoms with Crippen molar-refractivity contribution in [2.24, 2.45) is 5.92 Å². The van der Waals surface area contributed by atoms with Crippen molar-refractivity contribution < 1.29 is 23.8 Å². The fourth-order valence-electron chi connectivity index (χ4n) is 6.60. The van der Waals surface area contributed by atoms with Crippen LogP contribution in [0.15, 0.2) is 16.9 Å². The van der Waals surface area contributed by atoms with Gasteiger partial charge in [0.2, 0.25) is 5.91 Å². The van der Waals surface area contributed by atoms with Gasteiger partial charge in [0.1, 0.15) is 18.5 Å². The molecule has 3 atom stereocenters. The maximum atomic E-state index is 15.0. The van der Waals surface area contributed by atoms with E-state index in [4.69, 9.17) is 9.72 Å². The van der Waals surface area contributed by atoms with Crippen molar-refractivity contribution in [3.63, 3.8) is 0 Å². The monoisotopic (exact) mass is 517 g/mol. The van der Waals surface area contributed by atoms with Crippen LogP contribution in [0.5, 0.6) is 0 Å². The molecule has 0 radical (unpaired) electrons. The van der Waals surface area contributed by atoms with E-state index in [9.17, 15) is 23.9 Å². The van der Waals surface area contributed by atoms with E-state index in [1.165, 1.54) is 6.07 Å². The van der Waals surface area contributed by atoms with Crippen LogP contribution < -0.4 is 10.9 Å². The number of aryl methyl sites for hydroxylation is 1. The Morgan fingerprint density at radius 2 is 2.03 bits per heavy atom. The lowest BCUT2D eigenvalue weighted by Crippen LogP contribution is -2.39. The molecule has 4 aliphatic rings. The number of aromatic nitrogens is 2. The molecule has 0 unspecified atom stereocenters. The SMILES string of the molecule is CC[C@H]1C(=O)OCc2c1cc1n(c2=O)Cc2c-1nc1cc(F)c(C)c3c1c2[C@@H](NC(=O)[C@@H](O)C1CC1)CC3. The van der Waals surface area contributed by atoms with Crippen molar-refractivity contribution in [2.75, 3.05) is 0 Å². The number of cyclic esters (lactones) is 1. The minimum Gasteiger partial charge on any atom is -0.460 e. The molecule has 1 amide bonds. The van der Waals surface area contributed by atoms with Crippen LogP contribution in [0.3, 0.4) is 0 Å². The average molecular weight is 518 g/mol. The van der Waals surface area contributed by atoms with Crippen LogP contribution in [0, 0.1) is 18.7 Å². The molecule has 0 saturated heterocycles. The predicted molar refractivity (Wildman–Crippen MR) is 136 cm³/mol. The molecule has 1 saturated carbocycles. The number of halogens is 1. The summed E-state index contributed by atoms with van der Waals surface area (Å²) in [5, 5.41) is 14.3. The van der Waals surface area contributed by atoms with E-state index in [2.05, 4.69) is 5.32 Å². The molecule has 2 aliphatic heterocycles. The Hall–Kier alpha value is -3.59. The first-order valence-electron chi connectivity index (χ1n) is 13.3. The topological polar surface area (TPSA) is 111 Å². The Morgan fingerprint density at radius 3 is 2.76 bits per heavy atom. The maximum Gasteiger partial charge on any atom is 0.313 e. The number of nitrogens with one attached hydrogen (secondary N) is 1. The number of fused-ring (bicyclic) bond motifs is 5. The highest BCUT2D eigenvalue weighted by Crippen LogP contribution is 2.45. The Balaban J connectivity index is 1.45. The number of ether oxygens (including phenoxy) is 1. The zero-order chi connectivity index (χ0) is 26.5. The van der Waals surface area contributed by atoms with Gasteiger partial charge in [-0.25, -0.2) is 9.37 Å². The second-order valence-electron chi connectivity index (χ2n) is 11.0. The van der Waals surface area contributed by atoms with Crippen molar-refractivity contribution in [2.45, 2.75) is 77.2 Å². The number of aliphatic hydroxyl groups is 1. The second kappa shape index (κ2) is 8.20. The number of carbonyl (C=O) groups is 2. The zero-order valence-corrected chi connectivity index (χ0v) is 21.3. The summed E-state index contributed by atoms with van der Waals surface area (Å²) in [6.45, 7) is 3.83. The standard InChI is InChI=1S/C29H28FN3O5/c1-3-14-16-8-22-25-17(10-33(22)28(36)18(16)11-38-29(14)37)24-20(32-27(35)26(34)13-4-5-13)7-6-15-12(2)19(30)9-21(31-25)23(15)24/h8-9,13-14,20,26,34H,3-7,10-11H2,1-2H3,(H,32,35)/t14-,20+,26+/m1/s1. The van der Waals surface area contributed by atoms with Crippen LogP contribution in [-0.2, 0) is 33.9 Å². The third-order valence-corrected chi connectivity index (χ3v) is 8.85. The van der Waals surface area contributed by atoms with Gasteiger partial charge in [0.05, 0.1) is 41.0 Å². The van der Waals surface area contributed by atoms with Gasteiger partial charge in [-0.05, 0) is 73.3 Å². The van der Waals surface area contributed by atoms with Gasteiger partial charge < -0.3 is 19.7 Å². The van der Waals surface area contributed by atoms with Gasteiger partial charge in [0.15, 0.2) is 0 Å². The number of aliphatic hydroxyl groups excluding tert-OH is 1. The first-order valence-corrected chi connectivity index (χ1v) is 13.3. The van der Waals surface area contributed by atoms with Gasteiger partial charge in [-0.2, -0.15) is 0 Å². The van der Waals surface area contributed by atoms with E-state index in [0.717, 1.165) is 34.9 Å². The number of pyridine rings is 2. The largest absolute Gasteiger partial charge is 0.460 e. The average Bonchev–Trinajstić information content (AvgIpc) is 3.69. The Kier molecular flexibility index (Phi) is 5.08. The first kappa shape index (κ1) is 23.5. The van der Waals surface area contributed by atoms with Crippen LogP contribution in [0.2, 0.25) is 0 Å². The van der Waals surface area contributed by atoms with Gasteiger partial charge >= 0.3 is 5.97 Å². The molecule has 3 aromatic rings. The molecule has 0 bridgehead atoms. The summed E-state index contributed by atoms with van der Waals surface area (Å²) in [6.07, 6.45) is 2.24. The normalized spacial score (nSPS) is 21.9. The fraction of sp³-hybridized carbons (Fsp3) is 0.448. The summed E-state index contributed by atoms with van der Waals surface area (Å²) in [5.74, 6) is -1.61. The minimum atomic E-state index is -1.05. The zero-order valence-electron chi connectivity index (χ0n) is 21.3. The number of amides is 1. The summed E-state index contributed by atoms with van der Waals surface area (Å²) in [6, 6.07) is 2.88. The highest BCUT2D eigenvalue weighted by molar-refractivity contribution is 5.94. The van der Waals surface area contributed by atoms with Crippen LogP contribution >= 0.6 is 0 Å². The molecule has 2 N–H and O–H groups in total. The van der Waals surface area contributed by atoms with Gasteiger partial charge in [0, 0.05) is 17.0 Å². The number of nitrogens with zero attached hydrogens (tertiary/aromatic N) is 2. The Morgan fingerprint density at radius 1 is 1.24 bits per heavy atom. The van der Waals surface area contributed by atoms with Crippen molar-refractivity contribution >= 4 is 22.8 Å². The van der Waals surface area contributed by atoms with Crippen LogP contribution in [0.25, 0.3) is 22.3 Å². The molecule has 4 heterocycles. The summed E-state index contributed by atoms with van der Waals surface area (Å²) in [5.41, 5.74) is 5.64. The Labute approximate surface area is 217 Å². The van der Waals surface area contributed by atoms with E-state index < -0.39 is 24.0 Å². The van der Waals surface area contributed by atoms with Crippen LogP contribution in [0.1, 0.15) is 77.9 Å². The molecule has 2 aliphatic carbocycles. The number of carbonyl (C=O) groups excluding carboxylic acids is 2. The van der Waals surface area contributed by atoms with Crippen LogP contribution in [-0.4, -0.2) is 32.6 Å². The number of hydrogen-bond acceptors (Lipinski definition) is 6. The third kappa shape index (κ3) is 3.24. The highest BCUT2D eigenvalue weighted by atomic mass is 19.1. The molecule has 1 aromatic carbocycles. The molecule has 196 valence electrons. The van der Waals surface area contributed by atoms with E-state index >= 15 is 0 Å². The molecular formula is C29H28FN3O5. The number of esters is 1. The molecule has 0 spiro atoms. The lowest BCUT2D eigenvalue weighted by atomic mass is 9.81. The first-order chi connectivity index (χ1) is 18.3. The lowest BCUT2D eigenvalue weighted by molar-refractivity contribution is -0.148. The number of benzene rings is 1. The van der Waals surface area contributed by atoms with Crippen molar-refractivity contribution in [3.05, 3.63) is 61.7 Å². The molecule has 8 nitrogen and oxygen atoms in total. The van der Waals surface area contributed by atoms with E-state index in [0.29, 0.717) is 52.9 Å². The second-order valence-corrected chi connectivity index (χ2v) is 11.0. The van der Waals surface area contributed by atoms with Gasteiger partial charge in [-0.1, -0.05) is 6.92 Å². The molecule has 9 heteroatoms. The molecule has 2 aromatic heterocycles. The van der Waals surface area contributed by atoms with Crippen molar-refractivity contribution in [3.8, 4) is 11.4 Å². The molecule has 7 rings (SSSR count). The third-order valence-electron chi connectivity index (χ3n) is 8.85. The molecular weight excluding hydrogens is 489 g/mol. The number of hydrogen-bond donors (Lipinski definition) is 2. The smallest absolute Gasteiger partial charge is 0.313 e. The van der Waals surface area contributed by atoms with Crippen molar-refractivity contribution in [1.82, 2.24) is 14.9 Å². The van der Waals surface area contributed by atoms with Gasteiger partial charge in [-0.3, -0.25) is 14.4 Å².